The van der Waals surface area contributed by atoms with Crippen molar-refractivity contribution in [2.45, 2.75) is 6.92 Å². The number of aliphatic hydroxyl groups excluding tert-OH is 1. The molecule has 6 heteroatoms. The second-order valence-corrected chi connectivity index (χ2v) is 2.93. The third-order valence-corrected chi connectivity index (χ3v) is 2.02. The van der Waals surface area contributed by atoms with Crippen LogP contribution in [0.2, 0.25) is 0 Å². The Labute approximate surface area is 87.3 Å². The largest absolute Gasteiger partial charge is 0.395 e. The van der Waals surface area contributed by atoms with Crippen molar-refractivity contribution < 1.29 is 10.0 Å². The van der Waals surface area contributed by atoms with Gasteiger partial charge in [0.15, 0.2) is 0 Å². The van der Waals surface area contributed by atoms with E-state index in [1.54, 1.807) is 6.07 Å². The quantitative estimate of drug-likeness (QED) is 0.575. The predicted molar refractivity (Wildman–Crippen MR) is 55.9 cm³/mol. The molecular formula is C9H13N3O3. The molecule has 0 aromatic carbocycles. The highest BCUT2D eigenvalue weighted by Crippen LogP contribution is 2.14. The number of nitro groups is 1. The molecule has 0 amide bonds. The summed E-state index contributed by atoms with van der Waals surface area (Å²) in [6.45, 7) is 3.14. The summed E-state index contributed by atoms with van der Waals surface area (Å²) in [5.41, 5.74) is -0.0289. The average Bonchev–Trinajstić information content (AvgIpc) is 2.26. The van der Waals surface area contributed by atoms with Gasteiger partial charge in [-0.05, 0) is 13.0 Å². The zero-order valence-electron chi connectivity index (χ0n) is 8.46. The summed E-state index contributed by atoms with van der Waals surface area (Å²) in [6.07, 6.45) is 1.22. The van der Waals surface area contributed by atoms with Gasteiger partial charge in [0, 0.05) is 19.2 Å². The Balaban J connectivity index is 2.81. The summed E-state index contributed by atoms with van der Waals surface area (Å²) in [5, 5.41) is 19.2. The summed E-state index contributed by atoms with van der Waals surface area (Å²) >= 11 is 0. The number of likely N-dealkylation sites (N-methyl/N-ethyl adjacent to an activating group) is 1. The van der Waals surface area contributed by atoms with Crippen molar-refractivity contribution in [1.82, 2.24) is 4.98 Å². The second kappa shape index (κ2) is 5.26. The van der Waals surface area contributed by atoms with Crippen molar-refractivity contribution in [3.63, 3.8) is 0 Å². The van der Waals surface area contributed by atoms with Gasteiger partial charge in [-0.15, -0.1) is 0 Å². The monoisotopic (exact) mass is 211 g/mol. The highest BCUT2D eigenvalue weighted by atomic mass is 16.6. The van der Waals surface area contributed by atoms with Gasteiger partial charge in [-0.1, -0.05) is 0 Å². The molecule has 0 aliphatic rings. The number of anilines is 1. The lowest BCUT2D eigenvalue weighted by molar-refractivity contribution is -0.385. The summed E-state index contributed by atoms with van der Waals surface area (Å²) in [5.74, 6) is 0.636. The maximum atomic E-state index is 10.4. The van der Waals surface area contributed by atoms with E-state index in [1.807, 2.05) is 11.8 Å². The Morgan fingerprint density at radius 1 is 1.60 bits per heavy atom. The molecule has 0 radical (unpaired) electrons. The van der Waals surface area contributed by atoms with Gasteiger partial charge < -0.3 is 10.0 Å². The molecule has 0 saturated heterocycles. The van der Waals surface area contributed by atoms with Crippen LogP contribution in [-0.4, -0.2) is 34.7 Å². The van der Waals surface area contributed by atoms with Gasteiger partial charge in [-0.2, -0.15) is 0 Å². The summed E-state index contributed by atoms with van der Waals surface area (Å²) < 4.78 is 0. The third kappa shape index (κ3) is 2.88. The van der Waals surface area contributed by atoms with Gasteiger partial charge in [0.25, 0.3) is 5.69 Å². The van der Waals surface area contributed by atoms with Crippen molar-refractivity contribution in [3.8, 4) is 0 Å². The van der Waals surface area contributed by atoms with E-state index in [9.17, 15) is 10.1 Å². The van der Waals surface area contributed by atoms with Gasteiger partial charge in [0.2, 0.25) is 0 Å². The summed E-state index contributed by atoms with van der Waals surface area (Å²) in [6, 6.07) is 2.99. The Morgan fingerprint density at radius 3 is 2.73 bits per heavy atom. The smallest absolute Gasteiger partial charge is 0.287 e. The van der Waals surface area contributed by atoms with Crippen LogP contribution in [0, 0.1) is 10.1 Å². The van der Waals surface area contributed by atoms with Crippen LogP contribution in [0.1, 0.15) is 6.92 Å². The first-order valence-electron chi connectivity index (χ1n) is 4.65. The number of aliphatic hydroxyl groups is 1. The molecule has 82 valence electrons. The van der Waals surface area contributed by atoms with Crippen molar-refractivity contribution in [1.29, 1.82) is 0 Å². The maximum absolute atomic E-state index is 10.4. The Kier molecular flexibility index (Phi) is 3.99. The van der Waals surface area contributed by atoms with E-state index >= 15 is 0 Å². The van der Waals surface area contributed by atoms with E-state index in [4.69, 9.17) is 5.11 Å². The molecule has 0 atom stereocenters. The Bertz CT molecular complexity index is 326. The lowest BCUT2D eigenvalue weighted by Gasteiger charge is -2.20. The standard InChI is InChI=1S/C9H13N3O3/c1-2-11(5-6-13)9-4-3-8(7-10-9)12(14)15/h3-4,7,13H,2,5-6H2,1H3. The predicted octanol–water partition coefficient (Wildman–Crippen LogP) is 0.808. The zero-order chi connectivity index (χ0) is 11.3. The number of aromatic nitrogens is 1. The highest BCUT2D eigenvalue weighted by Gasteiger charge is 2.08. The SMILES string of the molecule is CCN(CCO)c1ccc([N+](=O)[O-])cn1. The van der Waals surface area contributed by atoms with Crippen LogP contribution in [0.15, 0.2) is 18.3 Å². The Hall–Kier alpha value is -1.69. The molecule has 0 spiro atoms. The van der Waals surface area contributed by atoms with Crippen LogP contribution in [0.4, 0.5) is 11.5 Å². The van der Waals surface area contributed by atoms with Crippen LogP contribution in [0.25, 0.3) is 0 Å². The minimum atomic E-state index is -0.487. The molecule has 1 N–H and O–H groups in total. The van der Waals surface area contributed by atoms with Crippen LogP contribution in [0.5, 0.6) is 0 Å². The summed E-state index contributed by atoms with van der Waals surface area (Å²) in [4.78, 5) is 15.7. The normalized spacial score (nSPS) is 10.0. The molecule has 15 heavy (non-hydrogen) atoms. The lowest BCUT2D eigenvalue weighted by atomic mass is 10.4. The minimum Gasteiger partial charge on any atom is -0.395 e. The first kappa shape index (κ1) is 11.4. The van der Waals surface area contributed by atoms with E-state index in [1.165, 1.54) is 12.3 Å². The fourth-order valence-electron chi connectivity index (χ4n) is 1.23. The molecule has 0 fully saturated rings. The van der Waals surface area contributed by atoms with E-state index in [0.29, 0.717) is 18.9 Å². The van der Waals surface area contributed by atoms with Crippen molar-refractivity contribution >= 4 is 11.5 Å². The molecule has 1 aromatic rings. The number of hydrogen-bond acceptors (Lipinski definition) is 5. The molecule has 0 unspecified atom stereocenters. The molecule has 6 nitrogen and oxygen atoms in total. The van der Waals surface area contributed by atoms with Crippen LogP contribution in [0.3, 0.4) is 0 Å². The van der Waals surface area contributed by atoms with E-state index in [-0.39, 0.29) is 12.3 Å². The first-order chi connectivity index (χ1) is 7.19. The van der Waals surface area contributed by atoms with Crippen molar-refractivity contribution in [2.75, 3.05) is 24.6 Å². The topological polar surface area (TPSA) is 79.5 Å². The average molecular weight is 211 g/mol. The lowest BCUT2D eigenvalue weighted by Crippen LogP contribution is -2.26. The molecule has 0 bridgehead atoms. The van der Waals surface area contributed by atoms with Gasteiger partial charge in [0.05, 0.1) is 11.5 Å². The number of pyridine rings is 1. The Morgan fingerprint density at radius 2 is 2.33 bits per heavy atom. The highest BCUT2D eigenvalue weighted by molar-refractivity contribution is 5.42. The van der Waals surface area contributed by atoms with Crippen molar-refractivity contribution in [2.24, 2.45) is 0 Å². The van der Waals surface area contributed by atoms with Gasteiger partial charge >= 0.3 is 0 Å². The maximum Gasteiger partial charge on any atom is 0.287 e. The number of nitrogens with zero attached hydrogens (tertiary/aromatic N) is 3. The van der Waals surface area contributed by atoms with E-state index in [0.717, 1.165) is 0 Å². The fraction of sp³-hybridized carbons (Fsp3) is 0.444. The molecule has 0 aliphatic heterocycles. The van der Waals surface area contributed by atoms with Crippen LogP contribution in [-0.2, 0) is 0 Å². The van der Waals surface area contributed by atoms with Gasteiger partial charge in [-0.25, -0.2) is 4.98 Å². The van der Waals surface area contributed by atoms with Gasteiger partial charge in [0.1, 0.15) is 12.0 Å². The molecule has 1 heterocycles. The zero-order valence-corrected chi connectivity index (χ0v) is 8.46. The minimum absolute atomic E-state index is 0.0289. The van der Waals surface area contributed by atoms with Crippen LogP contribution < -0.4 is 4.90 Å². The molecule has 0 aliphatic carbocycles. The van der Waals surface area contributed by atoms with E-state index < -0.39 is 4.92 Å². The second-order valence-electron chi connectivity index (χ2n) is 2.93. The van der Waals surface area contributed by atoms with E-state index in [2.05, 4.69) is 4.98 Å². The van der Waals surface area contributed by atoms with Crippen LogP contribution >= 0.6 is 0 Å². The molecule has 0 saturated carbocycles. The molecular weight excluding hydrogens is 198 g/mol. The molecule has 1 rings (SSSR count). The summed E-state index contributed by atoms with van der Waals surface area (Å²) in [7, 11) is 0. The van der Waals surface area contributed by atoms with Crippen molar-refractivity contribution in [3.05, 3.63) is 28.4 Å². The van der Waals surface area contributed by atoms with Gasteiger partial charge in [-0.3, -0.25) is 10.1 Å². The molecule has 1 aromatic heterocycles. The number of hydrogen-bond donors (Lipinski definition) is 1. The number of rotatable bonds is 5. The fourth-order valence-corrected chi connectivity index (χ4v) is 1.23. The first-order valence-corrected chi connectivity index (χ1v) is 4.65. The third-order valence-electron chi connectivity index (χ3n) is 2.02.